The zero-order valence-corrected chi connectivity index (χ0v) is 24.4. The number of carbonyl (C=O) groups is 3. The van der Waals surface area contributed by atoms with Gasteiger partial charge < -0.3 is 26.8 Å². The maximum absolute atomic E-state index is 13.8. The third-order valence-electron chi connectivity index (χ3n) is 6.64. The summed E-state index contributed by atoms with van der Waals surface area (Å²) in [5.74, 6) is -1.18. The van der Waals surface area contributed by atoms with Crippen LogP contribution in [0, 0.1) is 11.3 Å². The molecule has 3 aromatic carbocycles. The molecule has 7 N–H and O–H groups in total. The number of rotatable bonds is 10. The fourth-order valence-corrected chi connectivity index (χ4v) is 5.28. The van der Waals surface area contributed by atoms with Crippen molar-refractivity contribution in [3.05, 3.63) is 99.2 Å². The van der Waals surface area contributed by atoms with Gasteiger partial charge in [-0.2, -0.15) is 11.3 Å². The van der Waals surface area contributed by atoms with Crippen LogP contribution in [0.4, 0.5) is 5.69 Å². The van der Waals surface area contributed by atoms with Crippen molar-refractivity contribution in [2.24, 2.45) is 17.4 Å². The molecule has 2 amide bonds. The monoisotopic (exact) mass is 583 g/mol. The van der Waals surface area contributed by atoms with Crippen LogP contribution < -0.4 is 22.1 Å². The Kier molecular flexibility index (Phi) is 9.51. The highest BCUT2D eigenvalue weighted by atomic mass is 32.1. The van der Waals surface area contributed by atoms with E-state index < -0.39 is 11.9 Å². The predicted octanol–water partition coefficient (Wildman–Crippen LogP) is 5.25. The lowest BCUT2D eigenvalue weighted by atomic mass is 9.90. The first-order valence-corrected chi connectivity index (χ1v) is 14.2. The molecule has 0 fully saturated rings. The SMILES string of the molecule is COC(=O)c1cc(C(=O)NCC(C)C)ccc1-c1ccc(-c2cscc2CN)cc1C(=O)Nc1ccc(C(=N)N)cc1. The standard InChI is InChI=1S/C32H33N5O4S/c1-18(2)15-36-30(38)21-7-11-25(27(13-21)32(40)41-3)24-10-6-20(28-17-42-16-22(28)14-33)12-26(24)31(39)37-23-8-4-19(5-9-23)29(34)35/h4-13,16-18H,14-15,33H2,1-3H3,(H3,34,35)(H,36,38)(H,37,39). The number of hydrogen-bond acceptors (Lipinski definition) is 7. The maximum Gasteiger partial charge on any atom is 0.338 e. The molecule has 0 aliphatic rings. The number of esters is 1. The van der Waals surface area contributed by atoms with Crippen molar-refractivity contribution in [1.29, 1.82) is 5.41 Å². The quantitative estimate of drug-likeness (QED) is 0.0974. The van der Waals surface area contributed by atoms with Gasteiger partial charge in [-0.05, 0) is 87.0 Å². The molecule has 4 rings (SSSR count). The number of amides is 2. The number of nitrogen functional groups attached to an aromatic ring is 1. The van der Waals surface area contributed by atoms with Crippen LogP contribution in [0.15, 0.2) is 71.4 Å². The Bertz CT molecular complexity index is 1640. The van der Waals surface area contributed by atoms with E-state index in [1.807, 2.05) is 30.7 Å². The molecule has 0 bridgehead atoms. The van der Waals surface area contributed by atoms with E-state index in [0.29, 0.717) is 46.6 Å². The van der Waals surface area contributed by atoms with Gasteiger partial charge in [0.15, 0.2) is 0 Å². The highest BCUT2D eigenvalue weighted by molar-refractivity contribution is 7.08. The molecule has 0 spiro atoms. The van der Waals surface area contributed by atoms with Crippen LogP contribution in [0.1, 0.15) is 56.0 Å². The molecule has 1 heterocycles. The number of methoxy groups -OCH3 is 1. The van der Waals surface area contributed by atoms with Crippen molar-refractivity contribution in [3.8, 4) is 22.3 Å². The molecule has 10 heteroatoms. The number of anilines is 1. The Morgan fingerprint density at radius 1 is 0.881 bits per heavy atom. The van der Waals surface area contributed by atoms with E-state index in [0.717, 1.165) is 16.7 Å². The minimum absolute atomic E-state index is 0.0778. The highest BCUT2D eigenvalue weighted by Gasteiger charge is 2.22. The van der Waals surface area contributed by atoms with Gasteiger partial charge in [-0.3, -0.25) is 15.0 Å². The summed E-state index contributed by atoms with van der Waals surface area (Å²) in [6.07, 6.45) is 0. The molecule has 42 heavy (non-hydrogen) atoms. The van der Waals surface area contributed by atoms with Crippen molar-refractivity contribution in [1.82, 2.24) is 5.32 Å². The van der Waals surface area contributed by atoms with Crippen LogP contribution in [0.5, 0.6) is 0 Å². The van der Waals surface area contributed by atoms with Crippen molar-refractivity contribution < 1.29 is 19.1 Å². The molecule has 0 radical (unpaired) electrons. The first kappa shape index (κ1) is 30.2. The third-order valence-corrected chi connectivity index (χ3v) is 7.43. The molecule has 0 saturated heterocycles. The summed E-state index contributed by atoms with van der Waals surface area (Å²) < 4.78 is 5.06. The van der Waals surface area contributed by atoms with Crippen molar-refractivity contribution in [2.45, 2.75) is 20.4 Å². The van der Waals surface area contributed by atoms with Crippen molar-refractivity contribution >= 4 is 40.6 Å². The first-order valence-electron chi connectivity index (χ1n) is 13.3. The number of amidine groups is 1. The van der Waals surface area contributed by atoms with Crippen LogP contribution in [-0.4, -0.2) is 37.3 Å². The largest absolute Gasteiger partial charge is 0.465 e. The summed E-state index contributed by atoms with van der Waals surface area (Å²) in [7, 11) is 1.27. The molecule has 0 aliphatic carbocycles. The van der Waals surface area contributed by atoms with Gasteiger partial charge >= 0.3 is 5.97 Å². The summed E-state index contributed by atoms with van der Waals surface area (Å²) in [6.45, 7) is 4.81. The van der Waals surface area contributed by atoms with Crippen LogP contribution in [0.3, 0.4) is 0 Å². The smallest absolute Gasteiger partial charge is 0.338 e. The molecule has 216 valence electrons. The van der Waals surface area contributed by atoms with E-state index in [4.69, 9.17) is 21.6 Å². The van der Waals surface area contributed by atoms with E-state index in [1.165, 1.54) is 24.5 Å². The molecule has 1 aromatic heterocycles. The lowest BCUT2D eigenvalue weighted by Crippen LogP contribution is -2.27. The van der Waals surface area contributed by atoms with Gasteiger partial charge in [0.25, 0.3) is 11.8 Å². The van der Waals surface area contributed by atoms with Crippen LogP contribution in [0.2, 0.25) is 0 Å². The molecule has 9 nitrogen and oxygen atoms in total. The van der Waals surface area contributed by atoms with Gasteiger partial charge in [0.2, 0.25) is 0 Å². The molecule has 0 saturated carbocycles. The number of hydrogen-bond donors (Lipinski definition) is 5. The fourth-order valence-electron chi connectivity index (χ4n) is 4.40. The Morgan fingerprint density at radius 2 is 1.55 bits per heavy atom. The number of thiophene rings is 1. The summed E-state index contributed by atoms with van der Waals surface area (Å²) in [6, 6.07) is 16.8. The third kappa shape index (κ3) is 6.73. The second-order valence-electron chi connectivity index (χ2n) is 10.1. The van der Waals surface area contributed by atoms with Crippen LogP contribution in [0.25, 0.3) is 22.3 Å². The van der Waals surface area contributed by atoms with Crippen LogP contribution >= 0.6 is 11.3 Å². The molecular formula is C32H33N5O4S. The number of carbonyl (C=O) groups excluding carboxylic acids is 3. The van der Waals surface area contributed by atoms with Gasteiger partial charge in [0.05, 0.1) is 12.7 Å². The second kappa shape index (κ2) is 13.2. The number of nitrogens with one attached hydrogen (secondary N) is 3. The van der Waals surface area contributed by atoms with Crippen LogP contribution in [-0.2, 0) is 11.3 Å². The Morgan fingerprint density at radius 3 is 2.19 bits per heavy atom. The average molecular weight is 584 g/mol. The molecule has 0 unspecified atom stereocenters. The average Bonchev–Trinajstić information content (AvgIpc) is 3.48. The van der Waals surface area contributed by atoms with E-state index in [2.05, 4.69) is 10.6 Å². The minimum atomic E-state index is -0.637. The summed E-state index contributed by atoms with van der Waals surface area (Å²) >= 11 is 1.52. The van der Waals surface area contributed by atoms with Gasteiger partial charge in [0.1, 0.15) is 5.84 Å². The van der Waals surface area contributed by atoms with E-state index in [-0.39, 0.29) is 23.2 Å². The molecule has 0 atom stereocenters. The Labute approximate surface area is 248 Å². The van der Waals surface area contributed by atoms with Gasteiger partial charge in [-0.25, -0.2) is 4.79 Å². The normalized spacial score (nSPS) is 10.8. The van der Waals surface area contributed by atoms with Crippen molar-refractivity contribution in [2.75, 3.05) is 19.0 Å². The summed E-state index contributed by atoms with van der Waals surface area (Å²) in [5.41, 5.74) is 16.9. The lowest BCUT2D eigenvalue weighted by molar-refractivity contribution is 0.0601. The topological polar surface area (TPSA) is 160 Å². The molecule has 0 aliphatic heterocycles. The van der Waals surface area contributed by atoms with E-state index in [9.17, 15) is 14.4 Å². The summed E-state index contributed by atoms with van der Waals surface area (Å²) in [5, 5.41) is 17.3. The predicted molar refractivity (Wildman–Crippen MR) is 167 cm³/mol. The molecule has 4 aromatic rings. The van der Waals surface area contributed by atoms with Crippen molar-refractivity contribution in [3.63, 3.8) is 0 Å². The first-order chi connectivity index (χ1) is 20.1. The van der Waals surface area contributed by atoms with E-state index >= 15 is 0 Å². The maximum atomic E-state index is 13.8. The van der Waals surface area contributed by atoms with Gasteiger partial charge in [-0.15, -0.1) is 0 Å². The highest BCUT2D eigenvalue weighted by Crippen LogP contribution is 2.35. The molecular weight excluding hydrogens is 550 g/mol. The number of ether oxygens (including phenoxy) is 1. The fraction of sp³-hybridized carbons (Fsp3) is 0.188. The second-order valence-corrected chi connectivity index (χ2v) is 10.8. The number of nitrogens with two attached hydrogens (primary N) is 2. The van der Waals surface area contributed by atoms with Gasteiger partial charge in [0, 0.05) is 35.5 Å². The Balaban J connectivity index is 1.83. The zero-order valence-electron chi connectivity index (χ0n) is 23.6. The number of benzene rings is 3. The zero-order chi connectivity index (χ0) is 30.4. The summed E-state index contributed by atoms with van der Waals surface area (Å²) in [4.78, 5) is 39.5. The lowest BCUT2D eigenvalue weighted by Gasteiger charge is -2.16. The van der Waals surface area contributed by atoms with E-state index in [1.54, 1.807) is 48.5 Å². The minimum Gasteiger partial charge on any atom is -0.465 e. The van der Waals surface area contributed by atoms with Gasteiger partial charge in [-0.1, -0.05) is 32.0 Å². The Hall–Kier alpha value is -4.80.